The normalized spacial score (nSPS) is 13.6. The topological polar surface area (TPSA) is 59.5 Å². The smallest absolute Gasteiger partial charge is 0.154 e. The quantitative estimate of drug-likeness (QED) is 0.915. The first kappa shape index (κ1) is 11.5. The molecule has 0 bridgehead atoms. The molecule has 6 heteroatoms. The van der Waals surface area contributed by atoms with Gasteiger partial charge in [0.15, 0.2) is 5.65 Å². The number of hydrogen-bond donors (Lipinski definition) is 1. The molecule has 1 unspecified atom stereocenters. The fourth-order valence-electron chi connectivity index (χ4n) is 1.54. The molecule has 0 aromatic carbocycles. The van der Waals surface area contributed by atoms with Crippen LogP contribution in [0.5, 0.6) is 0 Å². The molecule has 86 valence electrons. The summed E-state index contributed by atoms with van der Waals surface area (Å²) in [4.78, 5) is 6.22. The van der Waals surface area contributed by atoms with E-state index in [1.54, 1.807) is 10.7 Å². The molecule has 0 aliphatic carbocycles. The Kier molecular flexibility index (Phi) is 3.22. The summed E-state index contributed by atoms with van der Waals surface area (Å²) in [5.41, 5.74) is 7.73. The molecule has 16 heavy (non-hydrogen) atoms. The first-order valence-electron chi connectivity index (χ1n) is 4.98. The van der Waals surface area contributed by atoms with Crippen LogP contribution >= 0.6 is 15.9 Å². The SMILES string of the molecule is CN(C)CC(N)c1ccc2ncc(Br)n2n1. The first-order chi connectivity index (χ1) is 7.58. The molecule has 0 fully saturated rings. The second kappa shape index (κ2) is 4.48. The predicted octanol–water partition coefficient (Wildman–Crippen LogP) is 1.05. The second-order valence-corrected chi connectivity index (χ2v) is 4.79. The molecule has 2 heterocycles. The van der Waals surface area contributed by atoms with Crippen molar-refractivity contribution < 1.29 is 0 Å². The highest BCUT2D eigenvalue weighted by Gasteiger charge is 2.10. The Balaban J connectivity index is 2.34. The Morgan fingerprint density at radius 2 is 2.25 bits per heavy atom. The van der Waals surface area contributed by atoms with Gasteiger partial charge in [0.2, 0.25) is 0 Å². The van der Waals surface area contributed by atoms with Crippen LogP contribution in [0.15, 0.2) is 22.9 Å². The van der Waals surface area contributed by atoms with Gasteiger partial charge in [0, 0.05) is 6.54 Å². The van der Waals surface area contributed by atoms with Crippen LogP contribution in [-0.4, -0.2) is 40.1 Å². The molecule has 2 N–H and O–H groups in total. The van der Waals surface area contributed by atoms with Crippen LogP contribution in [0.4, 0.5) is 0 Å². The van der Waals surface area contributed by atoms with Gasteiger partial charge in [-0.25, -0.2) is 9.50 Å². The predicted molar refractivity (Wildman–Crippen MR) is 66.2 cm³/mol. The van der Waals surface area contributed by atoms with Crippen LogP contribution in [-0.2, 0) is 0 Å². The lowest BCUT2D eigenvalue weighted by Gasteiger charge is -2.16. The Morgan fingerprint density at radius 3 is 2.94 bits per heavy atom. The van der Waals surface area contributed by atoms with Crippen LogP contribution in [0.3, 0.4) is 0 Å². The third kappa shape index (κ3) is 2.23. The van der Waals surface area contributed by atoms with E-state index in [1.807, 2.05) is 31.1 Å². The van der Waals surface area contributed by atoms with E-state index in [0.29, 0.717) is 0 Å². The van der Waals surface area contributed by atoms with E-state index < -0.39 is 0 Å². The Morgan fingerprint density at radius 1 is 1.50 bits per heavy atom. The van der Waals surface area contributed by atoms with E-state index in [9.17, 15) is 0 Å². The number of imidazole rings is 1. The number of hydrogen-bond acceptors (Lipinski definition) is 4. The van der Waals surface area contributed by atoms with E-state index in [4.69, 9.17) is 5.73 Å². The molecule has 2 rings (SSSR count). The van der Waals surface area contributed by atoms with Gasteiger partial charge < -0.3 is 10.6 Å². The monoisotopic (exact) mass is 283 g/mol. The van der Waals surface area contributed by atoms with Crippen LogP contribution in [0.1, 0.15) is 11.7 Å². The number of aromatic nitrogens is 3. The van der Waals surface area contributed by atoms with Crippen LogP contribution in [0.25, 0.3) is 5.65 Å². The van der Waals surface area contributed by atoms with Crippen LogP contribution in [0.2, 0.25) is 0 Å². The minimum absolute atomic E-state index is 0.0892. The highest BCUT2D eigenvalue weighted by molar-refractivity contribution is 9.10. The van der Waals surface area contributed by atoms with E-state index in [1.165, 1.54) is 0 Å². The van der Waals surface area contributed by atoms with E-state index in [0.717, 1.165) is 22.5 Å². The first-order valence-corrected chi connectivity index (χ1v) is 5.77. The lowest BCUT2D eigenvalue weighted by atomic mass is 10.2. The number of halogens is 1. The molecular weight excluding hydrogens is 270 g/mol. The summed E-state index contributed by atoms with van der Waals surface area (Å²) < 4.78 is 2.58. The molecule has 0 saturated heterocycles. The van der Waals surface area contributed by atoms with E-state index in [2.05, 4.69) is 26.0 Å². The molecule has 0 aliphatic rings. The van der Waals surface area contributed by atoms with Gasteiger partial charge in [-0.3, -0.25) is 0 Å². The summed E-state index contributed by atoms with van der Waals surface area (Å²) in [6, 6.07) is 3.75. The van der Waals surface area contributed by atoms with Crippen LogP contribution < -0.4 is 5.73 Å². The minimum Gasteiger partial charge on any atom is -0.322 e. The van der Waals surface area contributed by atoms with Crippen molar-refractivity contribution >= 4 is 21.6 Å². The van der Waals surface area contributed by atoms with Gasteiger partial charge in [0.05, 0.1) is 17.9 Å². The number of fused-ring (bicyclic) bond motifs is 1. The summed E-state index contributed by atoms with van der Waals surface area (Å²) in [5, 5.41) is 4.44. The van der Waals surface area contributed by atoms with Crippen molar-refractivity contribution in [1.82, 2.24) is 19.5 Å². The standard InChI is InChI=1S/C10H14BrN5/c1-15(2)6-7(12)8-3-4-10-13-5-9(11)16(10)14-8/h3-5,7H,6,12H2,1-2H3. The van der Waals surface area contributed by atoms with Gasteiger partial charge in [0.25, 0.3) is 0 Å². The third-order valence-electron chi connectivity index (χ3n) is 2.28. The average Bonchev–Trinajstić information content (AvgIpc) is 2.59. The fraction of sp³-hybridized carbons (Fsp3) is 0.400. The van der Waals surface area contributed by atoms with Gasteiger partial charge in [-0.05, 0) is 42.2 Å². The van der Waals surface area contributed by atoms with Crippen molar-refractivity contribution in [3.05, 3.63) is 28.6 Å². The zero-order chi connectivity index (χ0) is 11.7. The van der Waals surface area contributed by atoms with Crippen molar-refractivity contribution in [3.63, 3.8) is 0 Å². The molecule has 2 aromatic heterocycles. The van der Waals surface area contributed by atoms with Crippen molar-refractivity contribution in [2.45, 2.75) is 6.04 Å². The average molecular weight is 284 g/mol. The van der Waals surface area contributed by atoms with E-state index in [-0.39, 0.29) is 6.04 Å². The molecule has 1 atom stereocenters. The minimum atomic E-state index is -0.0892. The maximum atomic E-state index is 6.05. The largest absolute Gasteiger partial charge is 0.322 e. The molecular formula is C10H14BrN5. The van der Waals surface area contributed by atoms with Crippen LogP contribution in [0, 0.1) is 0 Å². The molecule has 0 amide bonds. The van der Waals surface area contributed by atoms with Crippen molar-refractivity contribution in [2.24, 2.45) is 5.73 Å². The van der Waals surface area contributed by atoms with Gasteiger partial charge >= 0.3 is 0 Å². The van der Waals surface area contributed by atoms with E-state index >= 15 is 0 Å². The van der Waals surface area contributed by atoms with Gasteiger partial charge in [-0.15, -0.1) is 0 Å². The van der Waals surface area contributed by atoms with Gasteiger partial charge in [-0.1, -0.05) is 0 Å². The zero-order valence-corrected chi connectivity index (χ0v) is 10.8. The number of nitrogens with zero attached hydrogens (tertiary/aromatic N) is 4. The summed E-state index contributed by atoms with van der Waals surface area (Å²) in [5.74, 6) is 0. The molecule has 2 aromatic rings. The molecule has 0 radical (unpaired) electrons. The fourth-order valence-corrected chi connectivity index (χ4v) is 1.91. The zero-order valence-electron chi connectivity index (χ0n) is 9.26. The molecule has 5 nitrogen and oxygen atoms in total. The highest BCUT2D eigenvalue weighted by atomic mass is 79.9. The lowest BCUT2D eigenvalue weighted by molar-refractivity contribution is 0.372. The number of likely N-dealkylation sites (N-methyl/N-ethyl adjacent to an activating group) is 1. The molecule has 0 saturated carbocycles. The highest BCUT2D eigenvalue weighted by Crippen LogP contribution is 2.14. The maximum Gasteiger partial charge on any atom is 0.154 e. The van der Waals surface area contributed by atoms with Crippen molar-refractivity contribution in [3.8, 4) is 0 Å². The second-order valence-electron chi connectivity index (χ2n) is 3.98. The Hall–Kier alpha value is -0.980. The van der Waals surface area contributed by atoms with Crippen molar-refractivity contribution in [1.29, 1.82) is 0 Å². The summed E-state index contributed by atoms with van der Waals surface area (Å²) in [6.45, 7) is 0.769. The summed E-state index contributed by atoms with van der Waals surface area (Å²) in [6.07, 6.45) is 1.73. The Bertz CT molecular complexity index is 493. The van der Waals surface area contributed by atoms with Gasteiger partial charge in [-0.2, -0.15) is 5.10 Å². The maximum absolute atomic E-state index is 6.05. The molecule has 0 aliphatic heterocycles. The molecule has 0 spiro atoms. The van der Waals surface area contributed by atoms with Gasteiger partial charge in [0.1, 0.15) is 4.60 Å². The third-order valence-corrected chi connectivity index (χ3v) is 2.82. The Labute approximate surface area is 102 Å². The number of nitrogens with two attached hydrogens (primary N) is 1. The number of rotatable bonds is 3. The van der Waals surface area contributed by atoms with Crippen molar-refractivity contribution in [2.75, 3.05) is 20.6 Å². The lowest BCUT2D eigenvalue weighted by Crippen LogP contribution is -2.27. The summed E-state index contributed by atoms with van der Waals surface area (Å²) in [7, 11) is 3.98. The summed E-state index contributed by atoms with van der Waals surface area (Å²) >= 11 is 3.39.